The number of rotatable bonds is 7. The first-order valence-electron chi connectivity index (χ1n) is 10.9. The zero-order chi connectivity index (χ0) is 23.9. The highest BCUT2D eigenvalue weighted by atomic mass is 19.1. The number of amides is 1. The second-order valence-electron chi connectivity index (χ2n) is 7.84. The van der Waals surface area contributed by atoms with Crippen molar-refractivity contribution in [3.63, 3.8) is 0 Å². The molecule has 8 heteroatoms. The van der Waals surface area contributed by atoms with Crippen molar-refractivity contribution in [2.24, 2.45) is 0 Å². The van der Waals surface area contributed by atoms with Crippen LogP contribution in [0.15, 0.2) is 72.8 Å². The Morgan fingerprint density at radius 1 is 0.853 bits per heavy atom. The van der Waals surface area contributed by atoms with Gasteiger partial charge in [-0.2, -0.15) is 0 Å². The number of piperazine rings is 1. The maximum Gasteiger partial charge on any atom is 0.338 e. The van der Waals surface area contributed by atoms with Gasteiger partial charge in [-0.1, -0.05) is 30.3 Å². The molecule has 3 aromatic rings. The second-order valence-corrected chi connectivity index (χ2v) is 7.84. The Balaban J connectivity index is 1.25. The van der Waals surface area contributed by atoms with Crippen LogP contribution in [-0.2, 0) is 16.1 Å². The summed E-state index contributed by atoms with van der Waals surface area (Å²) in [7, 11) is 0. The number of carbonyl (C=O) groups excluding carboxylic acids is 2. The molecule has 0 atom stereocenters. The molecule has 0 spiro atoms. The summed E-state index contributed by atoms with van der Waals surface area (Å²) in [5.74, 6) is -1.10. The van der Waals surface area contributed by atoms with Crippen LogP contribution in [0.5, 0.6) is 5.75 Å². The molecule has 1 amide bonds. The fraction of sp³-hybridized carbons (Fsp3) is 0.231. The average molecular weight is 466 g/mol. The molecule has 1 heterocycles. The number of carbonyl (C=O) groups is 2. The quantitative estimate of drug-likeness (QED) is 0.492. The summed E-state index contributed by atoms with van der Waals surface area (Å²) < 4.78 is 37.8. The minimum atomic E-state index is -0.634. The molecule has 0 aromatic heterocycles. The van der Waals surface area contributed by atoms with Gasteiger partial charge in [-0.05, 0) is 48.0 Å². The zero-order valence-electron chi connectivity index (χ0n) is 18.5. The molecule has 3 aromatic carbocycles. The van der Waals surface area contributed by atoms with Crippen LogP contribution in [-0.4, -0.2) is 49.6 Å². The first-order chi connectivity index (χ1) is 16.5. The Kier molecular flexibility index (Phi) is 7.37. The number of nitrogens with zero attached hydrogens (tertiary/aromatic N) is 2. The van der Waals surface area contributed by atoms with Crippen LogP contribution in [0.25, 0.3) is 0 Å². The molecule has 0 bridgehead atoms. The van der Waals surface area contributed by atoms with Crippen LogP contribution in [0, 0.1) is 11.6 Å². The summed E-state index contributed by atoms with van der Waals surface area (Å²) >= 11 is 0. The number of halogens is 2. The number of hydrogen-bond acceptors (Lipinski definition) is 5. The Morgan fingerprint density at radius 2 is 1.59 bits per heavy atom. The number of hydrogen-bond donors (Lipinski definition) is 0. The van der Waals surface area contributed by atoms with Crippen LogP contribution in [0.2, 0.25) is 0 Å². The van der Waals surface area contributed by atoms with Gasteiger partial charge in [-0.3, -0.25) is 4.79 Å². The molecule has 0 radical (unpaired) electrons. The van der Waals surface area contributed by atoms with E-state index in [1.165, 1.54) is 24.3 Å². The fourth-order valence-electron chi connectivity index (χ4n) is 3.67. The highest BCUT2D eigenvalue weighted by molar-refractivity contribution is 5.91. The van der Waals surface area contributed by atoms with E-state index in [2.05, 4.69) is 0 Å². The van der Waals surface area contributed by atoms with Crippen LogP contribution in [0.4, 0.5) is 14.5 Å². The summed E-state index contributed by atoms with van der Waals surface area (Å²) in [5, 5.41) is 0. The Morgan fingerprint density at radius 3 is 2.32 bits per heavy atom. The molecule has 0 unspecified atom stereocenters. The van der Waals surface area contributed by atoms with Crippen molar-refractivity contribution in [1.29, 1.82) is 0 Å². The molecule has 176 valence electrons. The number of esters is 1. The molecule has 1 aliphatic heterocycles. The molecule has 1 fully saturated rings. The zero-order valence-corrected chi connectivity index (χ0v) is 18.5. The lowest BCUT2D eigenvalue weighted by Crippen LogP contribution is -2.50. The summed E-state index contributed by atoms with van der Waals surface area (Å²) in [6, 6.07) is 18.9. The molecule has 0 N–H and O–H groups in total. The lowest BCUT2D eigenvalue weighted by atomic mass is 10.2. The highest BCUT2D eigenvalue weighted by Gasteiger charge is 2.23. The third-order valence-electron chi connectivity index (χ3n) is 5.54. The van der Waals surface area contributed by atoms with Crippen molar-refractivity contribution in [2.45, 2.75) is 6.61 Å². The van der Waals surface area contributed by atoms with Crippen molar-refractivity contribution >= 4 is 17.6 Å². The Hall–Kier alpha value is -3.94. The standard InChI is InChI=1S/C26H24F2N2O4/c27-21-10-8-19(9-11-21)17-33-22-5-3-4-20(16-22)26(32)34-18-25(31)30-14-12-29(13-15-30)24-7-2-1-6-23(24)28/h1-11,16H,12-15,17-18H2. The average Bonchev–Trinajstić information content (AvgIpc) is 2.87. The Bertz CT molecular complexity index is 1150. The molecule has 1 aliphatic rings. The van der Waals surface area contributed by atoms with Crippen molar-refractivity contribution < 1.29 is 27.8 Å². The first-order valence-corrected chi connectivity index (χ1v) is 10.9. The maximum absolute atomic E-state index is 14.0. The smallest absolute Gasteiger partial charge is 0.338 e. The van der Waals surface area contributed by atoms with E-state index in [1.807, 2.05) is 4.90 Å². The van der Waals surface area contributed by atoms with Crippen LogP contribution >= 0.6 is 0 Å². The number of para-hydroxylation sites is 1. The van der Waals surface area contributed by atoms with Gasteiger partial charge in [0.25, 0.3) is 5.91 Å². The van der Waals surface area contributed by atoms with Crippen molar-refractivity contribution in [2.75, 3.05) is 37.7 Å². The van der Waals surface area contributed by atoms with E-state index in [4.69, 9.17) is 9.47 Å². The molecule has 0 saturated carbocycles. The molecule has 34 heavy (non-hydrogen) atoms. The van der Waals surface area contributed by atoms with Gasteiger partial charge in [0.15, 0.2) is 6.61 Å². The van der Waals surface area contributed by atoms with Crippen LogP contribution in [0.3, 0.4) is 0 Å². The first kappa shape index (κ1) is 23.2. The highest BCUT2D eigenvalue weighted by Crippen LogP contribution is 2.20. The lowest BCUT2D eigenvalue weighted by Gasteiger charge is -2.36. The van der Waals surface area contributed by atoms with Gasteiger partial charge in [0, 0.05) is 26.2 Å². The topological polar surface area (TPSA) is 59.1 Å². The van der Waals surface area contributed by atoms with Gasteiger partial charge in [0.2, 0.25) is 0 Å². The van der Waals surface area contributed by atoms with Gasteiger partial charge in [0.05, 0.1) is 11.3 Å². The minimum Gasteiger partial charge on any atom is -0.489 e. The monoisotopic (exact) mass is 466 g/mol. The van der Waals surface area contributed by atoms with E-state index in [0.29, 0.717) is 37.6 Å². The second kappa shape index (κ2) is 10.8. The molecule has 0 aliphatic carbocycles. The van der Waals surface area contributed by atoms with E-state index in [9.17, 15) is 18.4 Å². The molecular weight excluding hydrogens is 442 g/mol. The van der Waals surface area contributed by atoms with E-state index in [1.54, 1.807) is 53.4 Å². The van der Waals surface area contributed by atoms with Gasteiger partial charge < -0.3 is 19.3 Å². The summed E-state index contributed by atoms with van der Waals surface area (Å²) in [6.45, 7) is 1.66. The van der Waals surface area contributed by atoms with E-state index in [0.717, 1.165) is 5.56 Å². The van der Waals surface area contributed by atoms with E-state index < -0.39 is 5.97 Å². The Labute approximate surface area is 196 Å². The van der Waals surface area contributed by atoms with Gasteiger partial charge in [-0.15, -0.1) is 0 Å². The van der Waals surface area contributed by atoms with Crippen molar-refractivity contribution in [3.8, 4) is 5.75 Å². The summed E-state index contributed by atoms with van der Waals surface area (Å²) in [6.07, 6.45) is 0. The van der Waals surface area contributed by atoms with Crippen LogP contribution in [0.1, 0.15) is 15.9 Å². The fourth-order valence-corrected chi connectivity index (χ4v) is 3.67. The molecule has 4 rings (SSSR count). The van der Waals surface area contributed by atoms with Crippen molar-refractivity contribution in [1.82, 2.24) is 4.90 Å². The SMILES string of the molecule is O=C(OCC(=O)N1CCN(c2ccccc2F)CC1)c1cccc(OCc2ccc(F)cc2)c1. The van der Waals surface area contributed by atoms with Crippen LogP contribution < -0.4 is 9.64 Å². The third kappa shape index (κ3) is 5.89. The number of ether oxygens (including phenoxy) is 2. The normalized spacial score (nSPS) is 13.5. The van der Waals surface area contributed by atoms with Crippen molar-refractivity contribution in [3.05, 3.63) is 95.6 Å². The molecule has 1 saturated heterocycles. The molecule has 6 nitrogen and oxygen atoms in total. The lowest BCUT2D eigenvalue weighted by molar-refractivity contribution is -0.134. The summed E-state index contributed by atoms with van der Waals surface area (Å²) in [4.78, 5) is 28.4. The predicted octanol–water partition coefficient (Wildman–Crippen LogP) is 4.05. The predicted molar refractivity (Wildman–Crippen MR) is 123 cm³/mol. The van der Waals surface area contributed by atoms with E-state index in [-0.39, 0.29) is 36.3 Å². The number of anilines is 1. The number of benzene rings is 3. The van der Waals surface area contributed by atoms with E-state index >= 15 is 0 Å². The third-order valence-corrected chi connectivity index (χ3v) is 5.54. The maximum atomic E-state index is 14.0. The minimum absolute atomic E-state index is 0.218. The van der Waals surface area contributed by atoms with Gasteiger partial charge >= 0.3 is 5.97 Å². The van der Waals surface area contributed by atoms with Gasteiger partial charge in [-0.25, -0.2) is 13.6 Å². The summed E-state index contributed by atoms with van der Waals surface area (Å²) in [5.41, 5.74) is 1.56. The largest absolute Gasteiger partial charge is 0.489 e. The molecular formula is C26H24F2N2O4. The van der Waals surface area contributed by atoms with Gasteiger partial charge in [0.1, 0.15) is 24.0 Å².